The number of hydrogen-bond donors (Lipinski definition) is 1. The van der Waals surface area contributed by atoms with E-state index in [4.69, 9.17) is 21.1 Å². The summed E-state index contributed by atoms with van der Waals surface area (Å²) in [6.45, 7) is 0. The summed E-state index contributed by atoms with van der Waals surface area (Å²) in [6.07, 6.45) is 5.62. The van der Waals surface area contributed by atoms with Gasteiger partial charge in [-0.2, -0.15) is 11.8 Å². The largest absolute Gasteiger partial charge is 0.493 e. The van der Waals surface area contributed by atoms with Crippen molar-refractivity contribution in [2.45, 2.75) is 38.1 Å². The number of likely N-dealkylation sites (tertiary alicyclic amines) is 1. The molecule has 0 unspecified atom stereocenters. The van der Waals surface area contributed by atoms with Crippen LogP contribution in [0.1, 0.15) is 32.1 Å². The second-order valence-corrected chi connectivity index (χ2v) is 8.91. The highest BCUT2D eigenvalue weighted by atomic mass is 35.5. The number of rotatable bonds is 8. The summed E-state index contributed by atoms with van der Waals surface area (Å²) in [5.41, 5.74) is 0.338. The number of carbonyl (C=O) groups is 3. The van der Waals surface area contributed by atoms with E-state index in [1.165, 1.54) is 19.1 Å². The van der Waals surface area contributed by atoms with Crippen molar-refractivity contribution in [3.05, 3.63) is 17.2 Å². The van der Waals surface area contributed by atoms with Crippen LogP contribution in [0.25, 0.3) is 0 Å². The Labute approximate surface area is 185 Å². The van der Waals surface area contributed by atoms with Crippen LogP contribution in [-0.4, -0.2) is 54.9 Å². The number of hydrogen-bond acceptors (Lipinski definition) is 6. The summed E-state index contributed by atoms with van der Waals surface area (Å²) in [6, 6.07) is 2.25. The molecule has 164 valence electrons. The van der Waals surface area contributed by atoms with Gasteiger partial charge in [-0.15, -0.1) is 0 Å². The number of fused-ring (bicyclic) bond motifs is 1. The fraction of sp³-hybridized carbons (Fsp3) is 0.571. The summed E-state index contributed by atoms with van der Waals surface area (Å²) in [5.74, 6) is 0.0447. The zero-order chi connectivity index (χ0) is 21.8. The Kier molecular flexibility index (Phi) is 7.52. The highest BCUT2D eigenvalue weighted by molar-refractivity contribution is 7.98. The number of nitrogens with zero attached hydrogens (tertiary/aromatic N) is 1. The van der Waals surface area contributed by atoms with Crippen LogP contribution in [0.5, 0.6) is 11.5 Å². The van der Waals surface area contributed by atoms with Crippen LogP contribution in [0.3, 0.4) is 0 Å². The van der Waals surface area contributed by atoms with Gasteiger partial charge in [-0.05, 0) is 31.3 Å². The molecular formula is C21H27ClN2O5S. The maximum atomic E-state index is 13.2. The van der Waals surface area contributed by atoms with Crippen LogP contribution in [0.4, 0.5) is 5.69 Å². The highest BCUT2D eigenvalue weighted by Gasteiger charge is 2.51. The lowest BCUT2D eigenvalue weighted by atomic mass is 9.81. The molecular weight excluding hydrogens is 428 g/mol. The number of benzene rings is 1. The number of halogens is 1. The highest BCUT2D eigenvalue weighted by Crippen LogP contribution is 2.40. The molecule has 1 aliphatic heterocycles. The minimum absolute atomic E-state index is 0.218. The Morgan fingerprint density at radius 2 is 1.73 bits per heavy atom. The number of methoxy groups -OCH3 is 2. The lowest BCUT2D eigenvalue weighted by Crippen LogP contribution is -2.48. The molecule has 0 aromatic heterocycles. The van der Waals surface area contributed by atoms with E-state index < -0.39 is 11.9 Å². The standard InChI is InChI=1S/C21H27ClN2O5S/c1-28-17-10-14(22)15(11-18(17)29-2)23-19(25)16(8-9-30-3)24-20(26)12-6-4-5-7-13(12)21(24)27/h10-13,16H,4-9H2,1-3H3,(H,23,25)/t12-,13+,16-/m0/s1. The molecule has 3 atom stereocenters. The minimum Gasteiger partial charge on any atom is -0.493 e. The summed E-state index contributed by atoms with van der Waals surface area (Å²) >= 11 is 7.87. The quantitative estimate of drug-likeness (QED) is 0.604. The van der Waals surface area contributed by atoms with E-state index in [9.17, 15) is 14.4 Å². The first kappa shape index (κ1) is 22.7. The fourth-order valence-corrected chi connectivity index (χ4v) is 4.93. The van der Waals surface area contributed by atoms with Gasteiger partial charge in [0.1, 0.15) is 6.04 Å². The number of imide groups is 1. The normalized spacial score (nSPS) is 21.9. The molecule has 3 amide bonds. The fourth-order valence-electron chi connectivity index (χ4n) is 4.27. The smallest absolute Gasteiger partial charge is 0.247 e. The van der Waals surface area contributed by atoms with Crippen molar-refractivity contribution in [3.8, 4) is 11.5 Å². The van der Waals surface area contributed by atoms with Crippen LogP contribution in [0.2, 0.25) is 5.02 Å². The topological polar surface area (TPSA) is 84.9 Å². The predicted octanol–water partition coefficient (Wildman–Crippen LogP) is 3.59. The molecule has 1 N–H and O–H groups in total. The SMILES string of the molecule is COc1cc(Cl)c(NC(=O)[C@H](CCSC)N2C(=O)[C@H]3CCCC[C@H]3C2=O)cc1OC. The van der Waals surface area contributed by atoms with Gasteiger partial charge < -0.3 is 14.8 Å². The van der Waals surface area contributed by atoms with Crippen molar-refractivity contribution in [2.24, 2.45) is 11.8 Å². The van der Waals surface area contributed by atoms with Gasteiger partial charge >= 0.3 is 0 Å². The van der Waals surface area contributed by atoms with Crippen LogP contribution in [0.15, 0.2) is 12.1 Å². The number of amides is 3. The molecule has 1 saturated heterocycles. The Balaban J connectivity index is 1.86. The van der Waals surface area contributed by atoms with E-state index in [2.05, 4.69) is 5.32 Å². The van der Waals surface area contributed by atoms with E-state index >= 15 is 0 Å². The minimum atomic E-state index is -0.868. The van der Waals surface area contributed by atoms with Gasteiger partial charge in [0.2, 0.25) is 17.7 Å². The Morgan fingerprint density at radius 1 is 1.17 bits per heavy atom. The molecule has 1 aromatic carbocycles. The number of thioether (sulfide) groups is 1. The van der Waals surface area contributed by atoms with Crippen molar-refractivity contribution in [2.75, 3.05) is 31.5 Å². The molecule has 1 aliphatic carbocycles. The first-order chi connectivity index (χ1) is 14.4. The molecule has 1 heterocycles. The monoisotopic (exact) mass is 454 g/mol. The van der Waals surface area contributed by atoms with Crippen molar-refractivity contribution in [1.82, 2.24) is 4.90 Å². The van der Waals surface area contributed by atoms with Gasteiger partial charge in [0, 0.05) is 12.1 Å². The number of nitrogens with one attached hydrogen (secondary N) is 1. The van der Waals surface area contributed by atoms with Crippen molar-refractivity contribution in [3.63, 3.8) is 0 Å². The third kappa shape index (κ3) is 4.39. The van der Waals surface area contributed by atoms with E-state index in [0.29, 0.717) is 42.2 Å². The maximum Gasteiger partial charge on any atom is 0.247 e. The first-order valence-electron chi connectivity index (χ1n) is 10.0. The van der Waals surface area contributed by atoms with Crippen LogP contribution in [-0.2, 0) is 14.4 Å². The molecule has 9 heteroatoms. The van der Waals surface area contributed by atoms with Gasteiger partial charge in [-0.25, -0.2) is 0 Å². The second kappa shape index (κ2) is 9.92. The van der Waals surface area contributed by atoms with Gasteiger partial charge in [0.25, 0.3) is 0 Å². The summed E-state index contributed by atoms with van der Waals surface area (Å²) in [7, 11) is 2.98. The van der Waals surface area contributed by atoms with E-state index in [1.54, 1.807) is 23.9 Å². The molecule has 1 aromatic rings. The number of ether oxygens (including phenoxy) is 2. The average molecular weight is 455 g/mol. The molecule has 0 spiro atoms. The molecule has 2 fully saturated rings. The van der Waals surface area contributed by atoms with E-state index in [1.807, 2.05) is 6.26 Å². The zero-order valence-electron chi connectivity index (χ0n) is 17.4. The van der Waals surface area contributed by atoms with Crippen LogP contribution in [0, 0.1) is 11.8 Å². The van der Waals surface area contributed by atoms with E-state index in [-0.39, 0.29) is 28.7 Å². The van der Waals surface area contributed by atoms with Gasteiger partial charge in [0.05, 0.1) is 36.8 Å². The van der Waals surface area contributed by atoms with Crippen LogP contribution < -0.4 is 14.8 Å². The molecule has 0 radical (unpaired) electrons. The summed E-state index contributed by atoms with van der Waals surface area (Å²) in [4.78, 5) is 40.5. The predicted molar refractivity (Wildman–Crippen MR) is 117 cm³/mol. The number of anilines is 1. The van der Waals surface area contributed by atoms with Crippen molar-refractivity contribution < 1.29 is 23.9 Å². The second-order valence-electron chi connectivity index (χ2n) is 7.52. The molecule has 30 heavy (non-hydrogen) atoms. The molecule has 0 bridgehead atoms. The molecule has 7 nitrogen and oxygen atoms in total. The Morgan fingerprint density at radius 3 is 2.27 bits per heavy atom. The van der Waals surface area contributed by atoms with Gasteiger partial charge in [0.15, 0.2) is 11.5 Å². The molecule has 1 saturated carbocycles. The maximum absolute atomic E-state index is 13.2. The van der Waals surface area contributed by atoms with Gasteiger partial charge in [-0.3, -0.25) is 19.3 Å². The van der Waals surface area contributed by atoms with Crippen LogP contribution >= 0.6 is 23.4 Å². The first-order valence-corrected chi connectivity index (χ1v) is 11.8. The lowest BCUT2D eigenvalue weighted by molar-refractivity contribution is -0.146. The third-order valence-corrected chi connectivity index (χ3v) is 6.77. The van der Waals surface area contributed by atoms with Gasteiger partial charge in [-0.1, -0.05) is 24.4 Å². The Hall–Kier alpha value is -1.93. The average Bonchev–Trinajstić information content (AvgIpc) is 3.00. The molecule has 3 rings (SSSR count). The van der Waals surface area contributed by atoms with Crippen molar-refractivity contribution >= 4 is 46.8 Å². The number of carbonyl (C=O) groups excluding carboxylic acids is 3. The zero-order valence-corrected chi connectivity index (χ0v) is 19.0. The van der Waals surface area contributed by atoms with Crippen molar-refractivity contribution in [1.29, 1.82) is 0 Å². The molecule has 2 aliphatic rings. The lowest BCUT2D eigenvalue weighted by Gasteiger charge is -2.26. The third-order valence-electron chi connectivity index (χ3n) is 5.82. The Bertz CT molecular complexity index is 810. The summed E-state index contributed by atoms with van der Waals surface area (Å²) in [5, 5.41) is 3.06. The summed E-state index contributed by atoms with van der Waals surface area (Å²) < 4.78 is 10.5. The van der Waals surface area contributed by atoms with E-state index in [0.717, 1.165) is 12.8 Å².